The Bertz CT molecular complexity index is 334. The number of hydrogen-bond acceptors (Lipinski definition) is 3. The summed E-state index contributed by atoms with van der Waals surface area (Å²) in [5, 5.41) is 28.1. The Morgan fingerprint density at radius 1 is 1.38 bits per heavy atom. The first-order valence-corrected chi connectivity index (χ1v) is 3.50. The van der Waals surface area contributed by atoms with Gasteiger partial charge in [0.2, 0.25) is 0 Å². The molecule has 0 bridgehead atoms. The lowest BCUT2D eigenvalue weighted by Gasteiger charge is -2.06. The van der Waals surface area contributed by atoms with Crippen molar-refractivity contribution in [2.75, 3.05) is 0 Å². The fourth-order valence-electron chi connectivity index (χ4n) is 0.870. The number of carboxylic acid groups (broad SMARTS) is 1. The van der Waals surface area contributed by atoms with Crippen molar-refractivity contribution in [1.82, 2.24) is 0 Å². The first-order valence-electron chi connectivity index (χ1n) is 3.50. The van der Waals surface area contributed by atoms with Gasteiger partial charge in [-0.1, -0.05) is 6.07 Å². The van der Waals surface area contributed by atoms with Gasteiger partial charge in [-0.25, -0.2) is 4.79 Å². The van der Waals surface area contributed by atoms with E-state index in [0.717, 1.165) is 12.1 Å². The maximum atomic E-state index is 10.8. The van der Waals surface area contributed by atoms with Gasteiger partial charge in [0.05, 0.1) is 0 Å². The van der Waals surface area contributed by atoms with Gasteiger partial charge in [0, 0.05) is 6.08 Å². The van der Waals surface area contributed by atoms with Crippen molar-refractivity contribution in [3.8, 4) is 11.5 Å². The van der Waals surface area contributed by atoms with Crippen molar-refractivity contribution in [2.45, 2.75) is 0 Å². The second-order valence-corrected chi connectivity index (χ2v) is 2.43. The average molecular weight is 179 g/mol. The Morgan fingerprint density at radius 2 is 2.08 bits per heavy atom. The largest absolute Gasteiger partial charge is 0.872 e. The van der Waals surface area contributed by atoms with E-state index in [9.17, 15) is 9.90 Å². The molecule has 0 atom stereocenters. The third-order valence-corrected chi connectivity index (χ3v) is 1.33. The summed E-state index contributed by atoms with van der Waals surface area (Å²) < 4.78 is 0. The van der Waals surface area contributed by atoms with Crippen LogP contribution in [-0.2, 0) is 4.79 Å². The SMILES string of the molecule is O=C(O)/C=C/c1cc([O-])cc(O)c1. The summed E-state index contributed by atoms with van der Waals surface area (Å²) >= 11 is 0. The third kappa shape index (κ3) is 2.86. The molecule has 13 heavy (non-hydrogen) atoms. The summed E-state index contributed by atoms with van der Waals surface area (Å²) in [6.07, 6.45) is 2.14. The topological polar surface area (TPSA) is 80.6 Å². The third-order valence-electron chi connectivity index (χ3n) is 1.33. The number of phenolic OH excluding ortho intramolecular Hbond substituents is 1. The maximum absolute atomic E-state index is 10.8. The van der Waals surface area contributed by atoms with Gasteiger partial charge < -0.3 is 15.3 Å². The smallest absolute Gasteiger partial charge is 0.328 e. The van der Waals surface area contributed by atoms with E-state index in [1.165, 1.54) is 18.2 Å². The van der Waals surface area contributed by atoms with Crippen LogP contribution in [0, 0.1) is 0 Å². The van der Waals surface area contributed by atoms with E-state index in [4.69, 9.17) is 10.2 Å². The molecule has 2 N–H and O–H groups in total. The highest BCUT2D eigenvalue weighted by Gasteiger charge is 1.92. The lowest BCUT2D eigenvalue weighted by atomic mass is 10.2. The number of hydrogen-bond donors (Lipinski definition) is 2. The zero-order valence-electron chi connectivity index (χ0n) is 6.60. The predicted octanol–water partition coefficient (Wildman–Crippen LogP) is 0.564. The summed E-state index contributed by atoms with van der Waals surface area (Å²) in [6, 6.07) is 3.60. The minimum Gasteiger partial charge on any atom is -0.872 e. The van der Waals surface area contributed by atoms with Crippen LogP contribution >= 0.6 is 0 Å². The molecule has 0 spiro atoms. The lowest BCUT2D eigenvalue weighted by molar-refractivity contribution is -0.268. The number of aliphatic carboxylic acids is 1. The van der Waals surface area contributed by atoms with Crippen LogP contribution in [0.15, 0.2) is 24.3 Å². The Hall–Kier alpha value is -1.97. The van der Waals surface area contributed by atoms with Crippen molar-refractivity contribution in [3.63, 3.8) is 0 Å². The molecular formula is C9H7O4-. The molecule has 0 aliphatic carbocycles. The van der Waals surface area contributed by atoms with Crippen molar-refractivity contribution < 1.29 is 20.1 Å². The zero-order chi connectivity index (χ0) is 9.84. The van der Waals surface area contributed by atoms with Crippen LogP contribution in [0.4, 0.5) is 0 Å². The lowest BCUT2D eigenvalue weighted by Crippen LogP contribution is -1.90. The minimum absolute atomic E-state index is 0.169. The van der Waals surface area contributed by atoms with E-state index >= 15 is 0 Å². The Balaban J connectivity index is 2.95. The zero-order valence-corrected chi connectivity index (χ0v) is 6.60. The molecule has 0 unspecified atom stereocenters. The van der Waals surface area contributed by atoms with E-state index < -0.39 is 5.97 Å². The fraction of sp³-hybridized carbons (Fsp3) is 0. The molecular weight excluding hydrogens is 172 g/mol. The summed E-state index contributed by atoms with van der Waals surface area (Å²) in [4.78, 5) is 10.1. The Morgan fingerprint density at radius 3 is 2.62 bits per heavy atom. The summed E-state index contributed by atoms with van der Waals surface area (Å²) in [7, 11) is 0. The molecule has 0 aromatic heterocycles. The number of phenols is 1. The van der Waals surface area contributed by atoms with E-state index in [0.29, 0.717) is 5.56 Å². The highest BCUT2D eigenvalue weighted by atomic mass is 16.4. The van der Waals surface area contributed by atoms with Gasteiger partial charge in [-0.15, -0.1) is 5.75 Å². The van der Waals surface area contributed by atoms with Crippen LogP contribution < -0.4 is 5.11 Å². The molecule has 1 aromatic rings. The quantitative estimate of drug-likeness (QED) is 0.650. The van der Waals surface area contributed by atoms with E-state index in [1.807, 2.05) is 0 Å². The average Bonchev–Trinajstić information content (AvgIpc) is 1.99. The maximum Gasteiger partial charge on any atom is 0.328 e. The van der Waals surface area contributed by atoms with Gasteiger partial charge in [-0.3, -0.25) is 0 Å². The molecule has 1 aromatic carbocycles. The second kappa shape index (κ2) is 3.62. The number of aromatic hydroxyl groups is 1. The molecule has 0 amide bonds. The van der Waals surface area contributed by atoms with Crippen LogP contribution in [0.3, 0.4) is 0 Å². The van der Waals surface area contributed by atoms with Gasteiger partial charge in [-0.2, -0.15) is 0 Å². The second-order valence-electron chi connectivity index (χ2n) is 2.43. The van der Waals surface area contributed by atoms with Crippen LogP contribution in [0.25, 0.3) is 6.08 Å². The van der Waals surface area contributed by atoms with Crippen molar-refractivity contribution in [1.29, 1.82) is 0 Å². The van der Waals surface area contributed by atoms with Crippen LogP contribution in [0.5, 0.6) is 11.5 Å². The molecule has 4 nitrogen and oxygen atoms in total. The van der Waals surface area contributed by atoms with E-state index in [-0.39, 0.29) is 11.5 Å². The van der Waals surface area contributed by atoms with Crippen LogP contribution in [0.2, 0.25) is 0 Å². The molecule has 0 radical (unpaired) electrons. The number of carboxylic acids is 1. The van der Waals surface area contributed by atoms with E-state index in [1.54, 1.807) is 0 Å². The fourth-order valence-corrected chi connectivity index (χ4v) is 0.870. The molecule has 0 heterocycles. The first-order chi connectivity index (χ1) is 6.08. The number of carbonyl (C=O) groups is 1. The molecule has 0 fully saturated rings. The van der Waals surface area contributed by atoms with Crippen molar-refractivity contribution in [2.24, 2.45) is 0 Å². The molecule has 68 valence electrons. The molecule has 0 saturated carbocycles. The van der Waals surface area contributed by atoms with E-state index in [2.05, 4.69) is 0 Å². The highest BCUT2D eigenvalue weighted by Crippen LogP contribution is 2.18. The monoisotopic (exact) mass is 179 g/mol. The summed E-state index contributed by atoms with van der Waals surface area (Å²) in [6.45, 7) is 0. The molecule has 0 aliphatic heterocycles. The van der Waals surface area contributed by atoms with Gasteiger partial charge in [0.1, 0.15) is 5.75 Å². The molecule has 0 aliphatic rings. The van der Waals surface area contributed by atoms with Gasteiger partial charge >= 0.3 is 5.97 Å². The Labute approximate surface area is 74.4 Å². The standard InChI is InChI=1S/C9H8O4/c10-7-3-6(1-2-9(12)13)4-8(11)5-7/h1-5,10-11H,(H,12,13)/p-1/b2-1+. The molecule has 0 saturated heterocycles. The van der Waals surface area contributed by atoms with Crippen molar-refractivity contribution in [3.05, 3.63) is 29.8 Å². The van der Waals surface area contributed by atoms with Crippen LogP contribution in [-0.4, -0.2) is 16.2 Å². The first kappa shape index (κ1) is 9.12. The summed E-state index contributed by atoms with van der Waals surface area (Å²) in [5.74, 6) is -1.63. The number of benzene rings is 1. The van der Waals surface area contributed by atoms with Gasteiger partial charge in [0.25, 0.3) is 0 Å². The molecule has 4 heteroatoms. The van der Waals surface area contributed by atoms with Gasteiger partial charge in [0.15, 0.2) is 0 Å². The predicted molar refractivity (Wildman–Crippen MR) is 44.2 cm³/mol. The highest BCUT2D eigenvalue weighted by molar-refractivity contribution is 5.85. The Kier molecular flexibility index (Phi) is 2.54. The molecule has 1 rings (SSSR count). The van der Waals surface area contributed by atoms with Crippen molar-refractivity contribution >= 4 is 12.0 Å². The number of rotatable bonds is 2. The van der Waals surface area contributed by atoms with Gasteiger partial charge in [-0.05, 0) is 23.8 Å². The normalized spacial score (nSPS) is 10.5. The minimum atomic E-state index is -1.10. The summed E-state index contributed by atoms with van der Waals surface area (Å²) in [5.41, 5.74) is 0.368. The van der Waals surface area contributed by atoms with Crippen LogP contribution in [0.1, 0.15) is 5.56 Å².